The molecule has 1 aromatic carbocycles. The van der Waals surface area contributed by atoms with Crippen molar-refractivity contribution >= 4 is 0 Å². The predicted octanol–water partition coefficient (Wildman–Crippen LogP) is 3.24. The molecule has 108 valence electrons. The van der Waals surface area contributed by atoms with Crippen LogP contribution in [0.1, 0.15) is 44.2 Å². The monoisotopic (exact) mass is 273 g/mol. The predicted molar refractivity (Wildman–Crippen MR) is 77.9 cm³/mol. The van der Waals surface area contributed by atoms with Crippen molar-refractivity contribution in [3.63, 3.8) is 0 Å². The number of phenols is 1. The molecule has 2 saturated carbocycles. The van der Waals surface area contributed by atoms with Crippen molar-refractivity contribution in [1.82, 2.24) is 5.32 Å². The first-order valence-corrected chi connectivity index (χ1v) is 7.92. The summed E-state index contributed by atoms with van der Waals surface area (Å²) in [5.41, 5.74) is 1.19. The van der Waals surface area contributed by atoms with Crippen LogP contribution in [0, 0.1) is 17.8 Å². The SMILES string of the molecule is CC(NC1COc2cc(O)ccc21)C1CC2CCC1C2. The zero-order chi connectivity index (χ0) is 13.7. The van der Waals surface area contributed by atoms with E-state index in [-0.39, 0.29) is 11.8 Å². The Hall–Kier alpha value is -1.22. The van der Waals surface area contributed by atoms with Crippen LogP contribution in [0.15, 0.2) is 18.2 Å². The van der Waals surface area contributed by atoms with Gasteiger partial charge in [0.05, 0.1) is 6.04 Å². The van der Waals surface area contributed by atoms with Gasteiger partial charge in [-0.2, -0.15) is 0 Å². The van der Waals surface area contributed by atoms with Crippen molar-refractivity contribution in [3.8, 4) is 11.5 Å². The fourth-order valence-electron chi connectivity index (χ4n) is 4.68. The zero-order valence-electron chi connectivity index (χ0n) is 12.0. The van der Waals surface area contributed by atoms with Crippen molar-refractivity contribution in [1.29, 1.82) is 0 Å². The van der Waals surface area contributed by atoms with E-state index in [0.29, 0.717) is 12.6 Å². The van der Waals surface area contributed by atoms with Gasteiger partial charge in [-0.25, -0.2) is 0 Å². The average Bonchev–Trinajstić information content (AvgIpc) is 3.13. The Bertz CT molecular complexity index is 516. The molecule has 2 bridgehead atoms. The van der Waals surface area contributed by atoms with Gasteiger partial charge < -0.3 is 15.2 Å². The molecule has 1 aliphatic heterocycles. The molecular formula is C17H23NO2. The minimum atomic E-state index is 0.278. The lowest BCUT2D eigenvalue weighted by molar-refractivity contribution is 0.227. The van der Waals surface area contributed by atoms with E-state index in [1.165, 1.54) is 31.2 Å². The summed E-state index contributed by atoms with van der Waals surface area (Å²) in [5.74, 6) is 3.91. The molecule has 0 radical (unpaired) electrons. The number of phenolic OH excluding ortho intramolecular Hbond substituents is 1. The highest BCUT2D eigenvalue weighted by Crippen LogP contribution is 2.50. The zero-order valence-corrected chi connectivity index (χ0v) is 12.0. The molecule has 0 amide bonds. The highest BCUT2D eigenvalue weighted by molar-refractivity contribution is 5.44. The highest BCUT2D eigenvalue weighted by Gasteiger charge is 2.42. The third kappa shape index (κ3) is 1.99. The van der Waals surface area contributed by atoms with Crippen LogP contribution in [-0.2, 0) is 0 Å². The molecule has 2 aliphatic carbocycles. The van der Waals surface area contributed by atoms with Gasteiger partial charge in [0.25, 0.3) is 0 Å². The van der Waals surface area contributed by atoms with Gasteiger partial charge in [-0.3, -0.25) is 0 Å². The lowest BCUT2D eigenvalue weighted by Gasteiger charge is -2.30. The second-order valence-corrected chi connectivity index (χ2v) is 6.88. The fraction of sp³-hybridized carbons (Fsp3) is 0.647. The average molecular weight is 273 g/mol. The number of hydrogen-bond acceptors (Lipinski definition) is 3. The summed E-state index contributed by atoms with van der Waals surface area (Å²) in [6.45, 7) is 3.02. The molecule has 0 spiro atoms. The first kappa shape index (κ1) is 12.5. The van der Waals surface area contributed by atoms with Crippen LogP contribution in [0.25, 0.3) is 0 Å². The van der Waals surface area contributed by atoms with Crippen LogP contribution >= 0.6 is 0 Å². The Morgan fingerprint density at radius 2 is 2.20 bits per heavy atom. The van der Waals surface area contributed by atoms with Crippen LogP contribution < -0.4 is 10.1 Å². The maximum atomic E-state index is 9.51. The normalized spacial score (nSPS) is 35.9. The molecule has 1 aromatic rings. The summed E-state index contributed by atoms with van der Waals surface area (Å²) in [7, 11) is 0. The molecule has 5 unspecified atom stereocenters. The summed E-state index contributed by atoms with van der Waals surface area (Å²) in [4.78, 5) is 0. The molecule has 2 fully saturated rings. The van der Waals surface area contributed by atoms with E-state index in [9.17, 15) is 5.11 Å². The first-order valence-electron chi connectivity index (χ1n) is 7.92. The van der Waals surface area contributed by atoms with Gasteiger partial charge in [-0.1, -0.05) is 6.42 Å². The lowest BCUT2D eigenvalue weighted by Crippen LogP contribution is -2.39. The number of aromatic hydroxyl groups is 1. The first-order chi connectivity index (χ1) is 9.70. The molecule has 0 aromatic heterocycles. The number of hydrogen-bond donors (Lipinski definition) is 2. The van der Waals surface area contributed by atoms with Gasteiger partial charge >= 0.3 is 0 Å². The topological polar surface area (TPSA) is 41.5 Å². The second kappa shape index (κ2) is 4.66. The summed E-state index contributed by atoms with van der Waals surface area (Å²) in [5, 5.41) is 13.3. The lowest BCUT2D eigenvalue weighted by atomic mass is 9.83. The van der Waals surface area contributed by atoms with E-state index >= 15 is 0 Å². The van der Waals surface area contributed by atoms with Crippen molar-refractivity contribution in [3.05, 3.63) is 23.8 Å². The smallest absolute Gasteiger partial charge is 0.127 e. The van der Waals surface area contributed by atoms with E-state index in [2.05, 4.69) is 12.2 Å². The van der Waals surface area contributed by atoms with Crippen LogP contribution in [0.2, 0.25) is 0 Å². The van der Waals surface area contributed by atoms with Crippen LogP contribution in [0.5, 0.6) is 11.5 Å². The van der Waals surface area contributed by atoms with E-state index in [4.69, 9.17) is 4.74 Å². The van der Waals surface area contributed by atoms with Gasteiger partial charge in [0.15, 0.2) is 0 Å². The van der Waals surface area contributed by atoms with Crippen LogP contribution in [0.3, 0.4) is 0 Å². The van der Waals surface area contributed by atoms with E-state index < -0.39 is 0 Å². The number of fused-ring (bicyclic) bond motifs is 3. The molecular weight excluding hydrogens is 250 g/mol. The van der Waals surface area contributed by atoms with Gasteiger partial charge in [0.1, 0.15) is 18.1 Å². The molecule has 3 aliphatic rings. The maximum absolute atomic E-state index is 9.51. The standard InChI is InChI=1S/C17H23NO2/c1-10(15-7-11-2-3-12(15)6-11)18-16-9-20-17-8-13(19)4-5-14(16)17/h4-5,8,10-12,15-16,18-19H,2-3,6-7,9H2,1H3. The van der Waals surface area contributed by atoms with Crippen molar-refractivity contribution in [2.75, 3.05) is 6.61 Å². The summed E-state index contributed by atoms with van der Waals surface area (Å²) in [6, 6.07) is 6.30. The van der Waals surface area contributed by atoms with E-state index in [1.54, 1.807) is 12.1 Å². The number of ether oxygens (including phenoxy) is 1. The number of nitrogens with one attached hydrogen (secondary N) is 1. The quantitative estimate of drug-likeness (QED) is 0.888. The molecule has 0 saturated heterocycles. The van der Waals surface area contributed by atoms with Crippen LogP contribution in [-0.4, -0.2) is 17.8 Å². The molecule has 1 heterocycles. The third-order valence-electron chi connectivity index (χ3n) is 5.68. The fourth-order valence-corrected chi connectivity index (χ4v) is 4.68. The largest absolute Gasteiger partial charge is 0.508 e. The van der Waals surface area contributed by atoms with Crippen molar-refractivity contribution < 1.29 is 9.84 Å². The van der Waals surface area contributed by atoms with Gasteiger partial charge in [0.2, 0.25) is 0 Å². The van der Waals surface area contributed by atoms with E-state index in [1.807, 2.05) is 6.07 Å². The minimum absolute atomic E-state index is 0.278. The van der Waals surface area contributed by atoms with Gasteiger partial charge in [0, 0.05) is 17.7 Å². The summed E-state index contributed by atoms with van der Waals surface area (Å²) in [6.07, 6.45) is 5.77. The Morgan fingerprint density at radius 3 is 2.95 bits per heavy atom. The van der Waals surface area contributed by atoms with Gasteiger partial charge in [-0.05, 0) is 56.1 Å². The molecule has 3 heteroatoms. The maximum Gasteiger partial charge on any atom is 0.127 e. The van der Waals surface area contributed by atoms with Gasteiger partial charge in [-0.15, -0.1) is 0 Å². The molecule has 3 nitrogen and oxygen atoms in total. The second-order valence-electron chi connectivity index (χ2n) is 6.88. The van der Waals surface area contributed by atoms with Crippen LogP contribution in [0.4, 0.5) is 0 Å². The minimum Gasteiger partial charge on any atom is -0.508 e. The molecule has 20 heavy (non-hydrogen) atoms. The molecule has 5 atom stereocenters. The van der Waals surface area contributed by atoms with Crippen molar-refractivity contribution in [2.45, 2.75) is 44.7 Å². The van der Waals surface area contributed by atoms with E-state index in [0.717, 1.165) is 23.5 Å². The highest BCUT2D eigenvalue weighted by atomic mass is 16.5. The Labute approximate surface area is 120 Å². The summed E-state index contributed by atoms with van der Waals surface area (Å²) >= 11 is 0. The summed E-state index contributed by atoms with van der Waals surface area (Å²) < 4.78 is 5.69. The number of benzene rings is 1. The Kier molecular flexibility index (Phi) is 2.92. The Morgan fingerprint density at radius 1 is 1.30 bits per heavy atom. The Balaban J connectivity index is 1.46. The number of rotatable bonds is 3. The van der Waals surface area contributed by atoms with Crippen molar-refractivity contribution in [2.24, 2.45) is 17.8 Å². The molecule has 2 N–H and O–H groups in total. The third-order valence-corrected chi connectivity index (χ3v) is 5.68. The molecule has 4 rings (SSSR count).